The lowest BCUT2D eigenvalue weighted by Crippen LogP contribution is -2.19. The number of halogens is 1. The van der Waals surface area contributed by atoms with Crippen molar-refractivity contribution in [1.82, 2.24) is 5.32 Å². The Morgan fingerprint density at radius 2 is 1.80 bits per heavy atom. The van der Waals surface area contributed by atoms with E-state index in [0.29, 0.717) is 0 Å². The Morgan fingerprint density at radius 1 is 1.10 bits per heavy atom. The Morgan fingerprint density at radius 3 is 2.45 bits per heavy atom. The number of nitrogens with one attached hydrogen (secondary N) is 1. The summed E-state index contributed by atoms with van der Waals surface area (Å²) in [7, 11) is 4.06. The molecule has 2 nitrogen and oxygen atoms in total. The van der Waals surface area contributed by atoms with Crippen LogP contribution in [0.4, 0.5) is 5.69 Å². The standard InChI is InChI=1S/C17H21ClN2/c1-13-4-6-14(7-5-13)12-20(3)17-10-16(18)9-8-15(17)11-19-2/h4-10,19H,11-12H2,1-3H3. The lowest BCUT2D eigenvalue weighted by Gasteiger charge is -2.23. The summed E-state index contributed by atoms with van der Waals surface area (Å²) in [5.74, 6) is 0. The average Bonchev–Trinajstić information content (AvgIpc) is 2.43. The molecule has 0 fully saturated rings. The number of hydrogen-bond donors (Lipinski definition) is 1. The van der Waals surface area contributed by atoms with Gasteiger partial charge in [0.05, 0.1) is 0 Å². The van der Waals surface area contributed by atoms with Crippen molar-refractivity contribution >= 4 is 17.3 Å². The van der Waals surface area contributed by atoms with Crippen LogP contribution in [0.15, 0.2) is 42.5 Å². The van der Waals surface area contributed by atoms with E-state index in [0.717, 1.165) is 18.1 Å². The second-order valence-corrected chi connectivity index (χ2v) is 5.58. The molecule has 2 aromatic rings. The van der Waals surface area contributed by atoms with Crippen LogP contribution in [0.25, 0.3) is 0 Å². The molecule has 0 radical (unpaired) electrons. The molecule has 20 heavy (non-hydrogen) atoms. The Bertz CT molecular complexity index is 564. The second-order valence-electron chi connectivity index (χ2n) is 5.15. The summed E-state index contributed by atoms with van der Waals surface area (Å²) in [6, 6.07) is 14.7. The molecule has 0 heterocycles. The lowest BCUT2D eigenvalue weighted by atomic mass is 10.1. The summed E-state index contributed by atoms with van der Waals surface area (Å²) in [6.45, 7) is 3.82. The van der Waals surface area contributed by atoms with Crippen LogP contribution < -0.4 is 10.2 Å². The topological polar surface area (TPSA) is 15.3 Å². The van der Waals surface area contributed by atoms with Crippen molar-refractivity contribution in [2.45, 2.75) is 20.0 Å². The zero-order chi connectivity index (χ0) is 14.5. The van der Waals surface area contributed by atoms with E-state index in [-0.39, 0.29) is 0 Å². The summed E-state index contributed by atoms with van der Waals surface area (Å²) in [4.78, 5) is 2.24. The van der Waals surface area contributed by atoms with Crippen molar-refractivity contribution in [3.8, 4) is 0 Å². The maximum Gasteiger partial charge on any atom is 0.0427 e. The summed E-state index contributed by atoms with van der Waals surface area (Å²) >= 11 is 6.14. The van der Waals surface area contributed by atoms with E-state index in [1.807, 2.05) is 19.2 Å². The van der Waals surface area contributed by atoms with E-state index in [1.54, 1.807) is 0 Å². The molecule has 0 unspecified atom stereocenters. The van der Waals surface area contributed by atoms with Crippen molar-refractivity contribution in [2.75, 3.05) is 19.0 Å². The highest BCUT2D eigenvalue weighted by Crippen LogP contribution is 2.25. The van der Waals surface area contributed by atoms with Gasteiger partial charge >= 0.3 is 0 Å². The van der Waals surface area contributed by atoms with Gasteiger partial charge in [0.25, 0.3) is 0 Å². The van der Waals surface area contributed by atoms with Crippen LogP contribution in [0.5, 0.6) is 0 Å². The van der Waals surface area contributed by atoms with Gasteiger partial charge in [-0.05, 0) is 37.2 Å². The number of rotatable bonds is 5. The molecule has 0 atom stereocenters. The van der Waals surface area contributed by atoms with Crippen LogP contribution in [-0.4, -0.2) is 14.1 Å². The van der Waals surface area contributed by atoms with Gasteiger partial charge in [0, 0.05) is 30.8 Å². The van der Waals surface area contributed by atoms with Gasteiger partial charge in [0.15, 0.2) is 0 Å². The summed E-state index contributed by atoms with van der Waals surface area (Å²) < 4.78 is 0. The maximum atomic E-state index is 6.14. The summed E-state index contributed by atoms with van der Waals surface area (Å²) in [5, 5.41) is 3.97. The van der Waals surface area contributed by atoms with Crippen molar-refractivity contribution in [2.24, 2.45) is 0 Å². The molecule has 0 aliphatic rings. The normalized spacial score (nSPS) is 10.6. The van der Waals surface area contributed by atoms with Crippen LogP contribution in [-0.2, 0) is 13.1 Å². The quantitative estimate of drug-likeness (QED) is 0.894. The molecule has 0 aliphatic carbocycles. The molecule has 2 aromatic carbocycles. The molecule has 3 heteroatoms. The molecule has 0 spiro atoms. The molecule has 2 rings (SSSR count). The minimum absolute atomic E-state index is 0.774. The van der Waals surface area contributed by atoms with Crippen LogP contribution >= 0.6 is 11.6 Å². The zero-order valence-corrected chi connectivity index (χ0v) is 13.0. The van der Waals surface area contributed by atoms with Gasteiger partial charge in [0.1, 0.15) is 0 Å². The molecule has 0 saturated heterocycles. The van der Waals surface area contributed by atoms with E-state index < -0.39 is 0 Å². The van der Waals surface area contributed by atoms with Gasteiger partial charge in [-0.15, -0.1) is 0 Å². The monoisotopic (exact) mass is 288 g/mol. The van der Waals surface area contributed by atoms with Gasteiger partial charge in [-0.1, -0.05) is 47.5 Å². The minimum Gasteiger partial charge on any atom is -0.370 e. The maximum absolute atomic E-state index is 6.14. The lowest BCUT2D eigenvalue weighted by molar-refractivity contribution is 0.805. The first kappa shape index (κ1) is 14.9. The number of hydrogen-bond acceptors (Lipinski definition) is 2. The Balaban J connectivity index is 2.21. The van der Waals surface area contributed by atoms with Gasteiger partial charge < -0.3 is 10.2 Å². The molecular weight excluding hydrogens is 268 g/mol. The van der Waals surface area contributed by atoms with E-state index in [2.05, 4.69) is 54.5 Å². The summed E-state index contributed by atoms with van der Waals surface area (Å²) in [6.07, 6.45) is 0. The summed E-state index contributed by atoms with van der Waals surface area (Å²) in [5.41, 5.74) is 5.02. The first-order chi connectivity index (χ1) is 9.60. The number of benzene rings is 2. The highest BCUT2D eigenvalue weighted by Gasteiger charge is 2.08. The molecule has 0 aliphatic heterocycles. The average molecular weight is 289 g/mol. The van der Waals surface area contributed by atoms with Crippen LogP contribution in [0.1, 0.15) is 16.7 Å². The molecule has 1 N–H and O–H groups in total. The van der Waals surface area contributed by atoms with Gasteiger partial charge in [-0.2, -0.15) is 0 Å². The minimum atomic E-state index is 0.774. The Labute approximate surface area is 126 Å². The van der Waals surface area contributed by atoms with E-state index in [4.69, 9.17) is 11.6 Å². The molecule has 0 aromatic heterocycles. The molecular formula is C17H21ClN2. The molecule has 0 saturated carbocycles. The largest absolute Gasteiger partial charge is 0.370 e. The smallest absolute Gasteiger partial charge is 0.0427 e. The Hall–Kier alpha value is -1.51. The second kappa shape index (κ2) is 6.78. The van der Waals surface area contributed by atoms with Gasteiger partial charge in [-0.25, -0.2) is 0 Å². The molecule has 0 bridgehead atoms. The SMILES string of the molecule is CNCc1ccc(Cl)cc1N(C)Cc1ccc(C)cc1. The predicted molar refractivity (Wildman–Crippen MR) is 87.5 cm³/mol. The van der Waals surface area contributed by atoms with Gasteiger partial charge in [0.2, 0.25) is 0 Å². The van der Waals surface area contributed by atoms with E-state index >= 15 is 0 Å². The molecule has 0 amide bonds. The zero-order valence-electron chi connectivity index (χ0n) is 12.3. The first-order valence-electron chi connectivity index (χ1n) is 6.80. The third-order valence-corrected chi connectivity index (χ3v) is 3.60. The van der Waals surface area contributed by atoms with Crippen molar-refractivity contribution in [1.29, 1.82) is 0 Å². The third kappa shape index (κ3) is 3.75. The first-order valence-corrected chi connectivity index (χ1v) is 7.17. The van der Waals surface area contributed by atoms with E-state index in [9.17, 15) is 0 Å². The van der Waals surface area contributed by atoms with Gasteiger partial charge in [-0.3, -0.25) is 0 Å². The fourth-order valence-electron chi connectivity index (χ4n) is 2.28. The highest BCUT2D eigenvalue weighted by atomic mass is 35.5. The van der Waals surface area contributed by atoms with Crippen LogP contribution in [0.3, 0.4) is 0 Å². The van der Waals surface area contributed by atoms with Crippen molar-refractivity contribution in [3.63, 3.8) is 0 Å². The fourth-order valence-corrected chi connectivity index (χ4v) is 2.45. The fraction of sp³-hybridized carbons (Fsp3) is 0.294. The number of nitrogens with zero attached hydrogens (tertiary/aromatic N) is 1. The van der Waals surface area contributed by atoms with Crippen LogP contribution in [0.2, 0.25) is 5.02 Å². The third-order valence-electron chi connectivity index (χ3n) is 3.37. The van der Waals surface area contributed by atoms with Crippen molar-refractivity contribution < 1.29 is 0 Å². The number of anilines is 1. The van der Waals surface area contributed by atoms with Crippen LogP contribution in [0, 0.1) is 6.92 Å². The Kier molecular flexibility index (Phi) is 5.05. The number of aryl methyl sites for hydroxylation is 1. The predicted octanol–water partition coefficient (Wildman–Crippen LogP) is 4.00. The van der Waals surface area contributed by atoms with E-state index in [1.165, 1.54) is 22.4 Å². The van der Waals surface area contributed by atoms with Crippen molar-refractivity contribution in [3.05, 3.63) is 64.2 Å². The highest BCUT2D eigenvalue weighted by molar-refractivity contribution is 6.30. The molecule has 106 valence electrons.